The van der Waals surface area contributed by atoms with Crippen molar-refractivity contribution in [2.75, 3.05) is 19.8 Å². The van der Waals surface area contributed by atoms with Crippen LogP contribution >= 0.6 is 0 Å². The van der Waals surface area contributed by atoms with Crippen LogP contribution < -0.4 is 0 Å². The Morgan fingerprint density at radius 3 is 1.97 bits per heavy atom. The quantitative estimate of drug-likeness (QED) is 0.0755. The van der Waals surface area contributed by atoms with Crippen LogP contribution in [-0.2, 0) is 42.7 Å². The molecule has 21 nitrogen and oxygen atoms in total. The maximum atomic E-state index is 15.1. The first-order chi connectivity index (χ1) is 34.6. The Hall–Kier alpha value is -1.55. The molecule has 74 heavy (non-hydrogen) atoms. The van der Waals surface area contributed by atoms with E-state index in [0.717, 1.165) is 44.9 Å². The Bertz CT molecular complexity index is 2040. The largest absolute Gasteiger partial charge is 0.432 e. The van der Waals surface area contributed by atoms with Crippen LogP contribution in [0.25, 0.3) is 0 Å². The molecule has 4 aliphatic heterocycles. The van der Waals surface area contributed by atoms with Crippen LogP contribution in [0.3, 0.4) is 0 Å². The highest BCUT2D eigenvalue weighted by Crippen LogP contribution is 2.76. The number of carbonyl (C=O) groups excluding carboxylic acids is 1. The lowest BCUT2D eigenvalue weighted by Gasteiger charge is -2.71. The zero-order valence-corrected chi connectivity index (χ0v) is 44.1. The fraction of sp³-hybridized carbons (Fsp3) is 0.943. The molecule has 4 saturated carbocycles. The van der Waals surface area contributed by atoms with Gasteiger partial charge in [-0.05, 0) is 116 Å². The summed E-state index contributed by atoms with van der Waals surface area (Å²) in [6.45, 7) is 16.1. The molecule has 0 amide bonds. The van der Waals surface area contributed by atoms with E-state index in [2.05, 4.69) is 54.5 Å². The Morgan fingerprint density at radius 2 is 1.27 bits per heavy atom. The van der Waals surface area contributed by atoms with Crippen molar-refractivity contribution < 1.29 is 104 Å². The van der Waals surface area contributed by atoms with Gasteiger partial charge in [-0.3, -0.25) is 4.79 Å². The molecule has 9 rings (SSSR count). The Labute approximate surface area is 433 Å². The monoisotopic (exact) mass is 1060 g/mol. The minimum absolute atomic E-state index is 0.0778. The molecule has 12 N–H and O–H groups in total. The molecule has 9 aliphatic rings. The molecule has 2 unspecified atom stereocenters. The highest BCUT2D eigenvalue weighted by Gasteiger charge is 2.70. The molecule has 5 aliphatic carbocycles. The number of esters is 1. The molecule has 4 saturated heterocycles. The summed E-state index contributed by atoms with van der Waals surface area (Å²) in [5, 5.41) is 128. The highest BCUT2D eigenvalue weighted by molar-refractivity contribution is 5.79. The van der Waals surface area contributed by atoms with Gasteiger partial charge in [0.05, 0.1) is 37.4 Å². The van der Waals surface area contributed by atoms with Gasteiger partial charge in [0.1, 0.15) is 85.5 Å². The van der Waals surface area contributed by atoms with E-state index in [0.29, 0.717) is 25.2 Å². The van der Waals surface area contributed by atoms with Crippen LogP contribution in [-0.4, -0.2) is 210 Å². The van der Waals surface area contributed by atoms with Gasteiger partial charge in [0.25, 0.3) is 0 Å². The number of aliphatic hydroxyl groups excluding tert-OH is 12. The first-order valence-corrected chi connectivity index (χ1v) is 27.1. The minimum Gasteiger partial charge on any atom is -0.432 e. The van der Waals surface area contributed by atoms with Gasteiger partial charge in [-0.25, -0.2) is 0 Å². The van der Waals surface area contributed by atoms with Gasteiger partial charge in [0, 0.05) is 0 Å². The molecule has 0 radical (unpaired) electrons. The third kappa shape index (κ3) is 9.27. The number of aliphatic hydroxyl groups is 12. The van der Waals surface area contributed by atoms with Crippen molar-refractivity contribution >= 4 is 5.97 Å². The van der Waals surface area contributed by atoms with Crippen LogP contribution in [0.1, 0.15) is 120 Å². The molecule has 0 aromatic rings. The van der Waals surface area contributed by atoms with Gasteiger partial charge in [-0.2, -0.15) is 0 Å². The maximum absolute atomic E-state index is 15.1. The number of ether oxygens (including phenoxy) is 8. The van der Waals surface area contributed by atoms with Gasteiger partial charge in [-0.15, -0.1) is 0 Å². The van der Waals surface area contributed by atoms with E-state index in [9.17, 15) is 61.3 Å². The van der Waals surface area contributed by atoms with Crippen molar-refractivity contribution in [1.82, 2.24) is 0 Å². The lowest BCUT2D eigenvalue weighted by atomic mass is 9.33. The van der Waals surface area contributed by atoms with Crippen LogP contribution in [0.5, 0.6) is 0 Å². The second-order valence-electron chi connectivity index (χ2n) is 25.8. The first kappa shape index (κ1) is 57.1. The molecule has 0 spiro atoms. The number of hydrogen-bond acceptors (Lipinski definition) is 21. The van der Waals surface area contributed by atoms with Gasteiger partial charge < -0.3 is 99.2 Å². The van der Waals surface area contributed by atoms with E-state index in [1.54, 1.807) is 0 Å². The number of hydrogen-bond donors (Lipinski definition) is 12. The Kier molecular flexibility index (Phi) is 15.8. The van der Waals surface area contributed by atoms with Crippen molar-refractivity contribution in [3.8, 4) is 0 Å². The van der Waals surface area contributed by atoms with Crippen molar-refractivity contribution in [3.05, 3.63) is 11.6 Å². The summed E-state index contributed by atoms with van der Waals surface area (Å²) >= 11 is 0. The van der Waals surface area contributed by atoms with Crippen molar-refractivity contribution in [2.45, 2.75) is 242 Å². The average Bonchev–Trinajstić information content (AvgIpc) is 3.34. The molecule has 4 heterocycles. The van der Waals surface area contributed by atoms with Crippen LogP contribution in [0.2, 0.25) is 0 Å². The fourth-order valence-electron chi connectivity index (χ4n) is 16.1. The molecule has 0 aromatic heterocycles. The predicted molar refractivity (Wildman–Crippen MR) is 255 cm³/mol. The van der Waals surface area contributed by atoms with Gasteiger partial charge in [0.15, 0.2) is 18.9 Å². The molecule has 424 valence electrons. The first-order valence-electron chi connectivity index (χ1n) is 27.1. The Balaban J connectivity index is 0.891. The van der Waals surface area contributed by atoms with E-state index < -0.39 is 141 Å². The molecular weight excluding hydrogens is 973 g/mol. The third-order valence-electron chi connectivity index (χ3n) is 21.0. The zero-order valence-electron chi connectivity index (χ0n) is 44.1. The van der Waals surface area contributed by atoms with E-state index in [-0.39, 0.29) is 51.6 Å². The van der Waals surface area contributed by atoms with E-state index in [4.69, 9.17) is 37.9 Å². The molecule has 8 fully saturated rings. The molecular formula is C53H86O21. The van der Waals surface area contributed by atoms with Gasteiger partial charge in [0.2, 0.25) is 6.29 Å². The third-order valence-corrected chi connectivity index (χ3v) is 21.0. The molecule has 21 heteroatoms. The van der Waals surface area contributed by atoms with E-state index in [1.165, 1.54) is 12.5 Å². The average molecular weight is 1060 g/mol. The summed E-state index contributed by atoms with van der Waals surface area (Å²) in [6, 6.07) is 0. The van der Waals surface area contributed by atoms with Crippen molar-refractivity contribution in [3.63, 3.8) is 0 Å². The predicted octanol–water partition coefficient (Wildman–Crippen LogP) is -0.369. The smallest absolute Gasteiger partial charge is 0.315 e. The lowest BCUT2D eigenvalue weighted by Crippen LogP contribution is -2.66. The molecule has 27 atom stereocenters. The second-order valence-corrected chi connectivity index (χ2v) is 25.8. The van der Waals surface area contributed by atoms with Crippen LogP contribution in [0.15, 0.2) is 11.6 Å². The maximum Gasteiger partial charge on any atom is 0.315 e. The topological polar surface area (TPSA) is 334 Å². The van der Waals surface area contributed by atoms with Crippen LogP contribution in [0.4, 0.5) is 0 Å². The summed E-state index contributed by atoms with van der Waals surface area (Å²) < 4.78 is 47.1. The minimum atomic E-state index is -1.86. The zero-order chi connectivity index (χ0) is 54.0. The number of rotatable bonds is 10. The molecule has 0 aromatic carbocycles. The summed E-state index contributed by atoms with van der Waals surface area (Å²) in [5.41, 5.74) is -0.647. The van der Waals surface area contributed by atoms with Gasteiger partial charge >= 0.3 is 5.97 Å². The van der Waals surface area contributed by atoms with E-state index >= 15 is 4.79 Å². The Morgan fingerprint density at radius 1 is 0.635 bits per heavy atom. The number of allylic oxidation sites excluding steroid dienone is 2. The summed E-state index contributed by atoms with van der Waals surface area (Å²) in [4.78, 5) is 15.1. The van der Waals surface area contributed by atoms with Crippen molar-refractivity contribution in [1.29, 1.82) is 0 Å². The SMILES string of the molecule is C[C@@H]1O[C@@H](O[C@H]2[C@H](O)[C@@H](O)[C@H](OC[C@H]3O[C@@H](OC(=O)[C@]45CCC(C)(C)CC4C4=CC[C@@H]6[C@@]7(C)CC[C@H](O[C@H]8OC[C@@H](O)[C@H](O)[C@H]8O)C(C)(C)C7CC[C@@]6(C)[C@]4(C)CC5)[C@H](O)[C@@H](O)[C@@H]3O)O[C@@H]2CO)[C@H](O)[C@H](O)[C@H]1O. The lowest BCUT2D eigenvalue weighted by molar-refractivity contribution is -0.361. The number of fused-ring (bicyclic) bond motifs is 7. The highest BCUT2D eigenvalue weighted by atomic mass is 16.8. The van der Waals surface area contributed by atoms with E-state index in [1.807, 2.05) is 0 Å². The van der Waals surface area contributed by atoms with Crippen molar-refractivity contribution in [2.24, 2.45) is 50.2 Å². The van der Waals surface area contributed by atoms with Crippen LogP contribution in [0, 0.1) is 50.2 Å². The van der Waals surface area contributed by atoms with Gasteiger partial charge in [-0.1, -0.05) is 60.1 Å². The fourth-order valence-corrected chi connectivity index (χ4v) is 16.1. The number of carbonyl (C=O) groups is 1. The summed E-state index contributed by atoms with van der Waals surface area (Å²) in [6.07, 6.45) is -19.6. The molecule has 0 bridgehead atoms. The second kappa shape index (κ2) is 20.5. The normalized spacial score (nSPS) is 54.1. The summed E-state index contributed by atoms with van der Waals surface area (Å²) in [7, 11) is 0. The standard InChI is InChI=1S/C53H86O21/c1-23-32(56)35(59)39(63)45(69-23)73-42-27(20-54)70-43(41(65)37(42)61)68-22-28-34(58)36(60)40(64)46(71-28)74-47(66)53-17-15-48(2,3)19-25(53)24-9-10-30-50(6)13-12-31(72-44-38(62)33(57)26(55)21-67-44)49(4,5)29(50)11-14-52(30,8)51(24,7)16-18-53/h9,23,25-46,54-65H,10-22H2,1-8H3/t23-,25?,26+,27+,28+,29?,30+,31-,32-,33-,34+,35+,36-,37+,38+,39+,40+,41+,42+,43+,44+,45-,46-,50-,51+,52+,53-/m0/s1. The summed E-state index contributed by atoms with van der Waals surface area (Å²) in [5.74, 6) is -0.203.